The normalized spacial score (nSPS) is 20.6. The molecule has 20 heavy (non-hydrogen) atoms. The lowest BCUT2D eigenvalue weighted by Gasteiger charge is -2.14. The highest BCUT2D eigenvalue weighted by atomic mass is 32.2. The Kier molecular flexibility index (Phi) is 4.10. The first-order valence-corrected chi connectivity index (χ1v) is 8.44. The zero-order valence-electron chi connectivity index (χ0n) is 11.0. The summed E-state index contributed by atoms with van der Waals surface area (Å²) >= 11 is 4.99. The van der Waals surface area contributed by atoms with E-state index < -0.39 is 15.8 Å². The third-order valence-corrected chi connectivity index (χ3v) is 5.35. The maximum atomic E-state index is 12.1. The van der Waals surface area contributed by atoms with Crippen LogP contribution in [0.1, 0.15) is 17.5 Å². The number of carbonyl (C=O) groups excluding carboxylic acids is 1. The van der Waals surface area contributed by atoms with Crippen molar-refractivity contribution in [1.82, 2.24) is 0 Å². The second kappa shape index (κ2) is 5.49. The molecule has 108 valence electrons. The summed E-state index contributed by atoms with van der Waals surface area (Å²) in [7, 11) is -3.08. The Morgan fingerprint density at radius 2 is 2.15 bits per heavy atom. The third-order valence-electron chi connectivity index (χ3n) is 3.38. The van der Waals surface area contributed by atoms with Crippen LogP contribution in [0.5, 0.6) is 0 Å². The fraction of sp³-hybridized carbons (Fsp3) is 0.385. The molecule has 1 aromatic rings. The van der Waals surface area contributed by atoms with Gasteiger partial charge in [-0.1, -0.05) is 24.4 Å². The monoisotopic (exact) mass is 312 g/mol. The molecule has 0 bridgehead atoms. The van der Waals surface area contributed by atoms with Gasteiger partial charge in [0.2, 0.25) is 5.91 Å². The van der Waals surface area contributed by atoms with E-state index in [4.69, 9.17) is 18.0 Å². The SMILES string of the molecule is Cc1cccc(NC(=O)C2CCS(=O)(=O)C2)c1C(N)=S. The van der Waals surface area contributed by atoms with Crippen LogP contribution in [0.25, 0.3) is 0 Å². The Bertz CT molecular complexity index is 668. The van der Waals surface area contributed by atoms with E-state index >= 15 is 0 Å². The maximum Gasteiger partial charge on any atom is 0.228 e. The number of rotatable bonds is 3. The molecular formula is C13H16N2O3S2. The highest BCUT2D eigenvalue weighted by molar-refractivity contribution is 7.91. The lowest BCUT2D eigenvalue weighted by molar-refractivity contribution is -0.119. The van der Waals surface area contributed by atoms with Crippen LogP contribution in [0.15, 0.2) is 18.2 Å². The van der Waals surface area contributed by atoms with Crippen molar-refractivity contribution in [2.75, 3.05) is 16.8 Å². The van der Waals surface area contributed by atoms with E-state index in [9.17, 15) is 13.2 Å². The predicted molar refractivity (Wildman–Crippen MR) is 82.5 cm³/mol. The summed E-state index contributed by atoms with van der Waals surface area (Å²) in [6, 6.07) is 5.35. The van der Waals surface area contributed by atoms with Gasteiger partial charge >= 0.3 is 0 Å². The Balaban J connectivity index is 2.21. The molecule has 2 rings (SSSR count). The average molecular weight is 312 g/mol. The van der Waals surface area contributed by atoms with Crippen LogP contribution in [-0.2, 0) is 14.6 Å². The molecule has 0 radical (unpaired) electrons. The van der Waals surface area contributed by atoms with Crippen LogP contribution in [0.3, 0.4) is 0 Å². The van der Waals surface area contributed by atoms with Gasteiger partial charge in [0, 0.05) is 5.56 Å². The molecule has 0 saturated carbocycles. The van der Waals surface area contributed by atoms with E-state index in [1.54, 1.807) is 12.1 Å². The van der Waals surface area contributed by atoms with Crippen molar-refractivity contribution in [2.45, 2.75) is 13.3 Å². The quantitative estimate of drug-likeness (QED) is 0.813. The molecule has 1 aliphatic heterocycles. The molecule has 5 nitrogen and oxygen atoms in total. The first-order chi connectivity index (χ1) is 9.30. The molecule has 7 heteroatoms. The summed E-state index contributed by atoms with van der Waals surface area (Å²) in [5, 5.41) is 2.74. The van der Waals surface area contributed by atoms with Crippen LogP contribution in [-0.4, -0.2) is 30.8 Å². The lowest BCUT2D eigenvalue weighted by Crippen LogP contribution is -2.25. The van der Waals surface area contributed by atoms with Gasteiger partial charge in [-0.2, -0.15) is 0 Å². The van der Waals surface area contributed by atoms with Crippen molar-refractivity contribution in [3.05, 3.63) is 29.3 Å². The second-order valence-electron chi connectivity index (χ2n) is 4.95. The highest BCUT2D eigenvalue weighted by Gasteiger charge is 2.33. The first-order valence-electron chi connectivity index (χ1n) is 6.21. The first kappa shape index (κ1) is 14.9. The van der Waals surface area contributed by atoms with Gasteiger partial charge in [-0.15, -0.1) is 0 Å². The van der Waals surface area contributed by atoms with Crippen molar-refractivity contribution >= 4 is 38.6 Å². The Morgan fingerprint density at radius 3 is 2.70 bits per heavy atom. The molecule has 1 saturated heterocycles. The molecular weight excluding hydrogens is 296 g/mol. The van der Waals surface area contributed by atoms with E-state index in [1.165, 1.54) is 0 Å². The number of sulfone groups is 1. The van der Waals surface area contributed by atoms with Crippen LogP contribution in [0, 0.1) is 12.8 Å². The van der Waals surface area contributed by atoms with Gasteiger partial charge in [0.1, 0.15) is 4.99 Å². The van der Waals surface area contributed by atoms with Crippen molar-refractivity contribution in [3.63, 3.8) is 0 Å². The van der Waals surface area contributed by atoms with Gasteiger partial charge < -0.3 is 11.1 Å². The van der Waals surface area contributed by atoms with E-state index in [-0.39, 0.29) is 22.4 Å². The van der Waals surface area contributed by atoms with Gasteiger partial charge in [0.25, 0.3) is 0 Å². The number of thiocarbonyl (C=S) groups is 1. The summed E-state index contributed by atoms with van der Waals surface area (Å²) < 4.78 is 22.8. The van der Waals surface area contributed by atoms with Gasteiger partial charge in [-0.05, 0) is 25.0 Å². The fourth-order valence-corrected chi connectivity index (χ4v) is 4.35. The fourth-order valence-electron chi connectivity index (χ4n) is 2.34. The van der Waals surface area contributed by atoms with E-state index in [0.29, 0.717) is 17.7 Å². The van der Waals surface area contributed by atoms with Gasteiger partial charge in [-0.25, -0.2) is 8.42 Å². The zero-order valence-corrected chi connectivity index (χ0v) is 12.7. The number of nitrogens with one attached hydrogen (secondary N) is 1. The Labute approximate surface area is 123 Å². The summed E-state index contributed by atoms with van der Waals surface area (Å²) in [6.45, 7) is 1.85. The van der Waals surface area contributed by atoms with Gasteiger partial charge in [0.15, 0.2) is 9.84 Å². The van der Waals surface area contributed by atoms with Crippen LogP contribution >= 0.6 is 12.2 Å². The summed E-state index contributed by atoms with van der Waals surface area (Å²) in [5.41, 5.74) is 7.70. The molecule has 1 fully saturated rings. The largest absolute Gasteiger partial charge is 0.389 e. The molecule has 1 heterocycles. The molecule has 0 aromatic heterocycles. The van der Waals surface area contributed by atoms with Crippen molar-refractivity contribution in [1.29, 1.82) is 0 Å². The minimum Gasteiger partial charge on any atom is -0.389 e. The Hall–Kier alpha value is -1.47. The molecule has 1 unspecified atom stereocenters. The van der Waals surface area contributed by atoms with Crippen LogP contribution in [0.4, 0.5) is 5.69 Å². The number of aryl methyl sites for hydroxylation is 1. The summed E-state index contributed by atoms with van der Waals surface area (Å²) in [6.07, 6.45) is 0.363. The number of nitrogens with two attached hydrogens (primary N) is 1. The minimum absolute atomic E-state index is 0.0705. The van der Waals surface area contributed by atoms with E-state index in [2.05, 4.69) is 5.32 Å². The van der Waals surface area contributed by atoms with Crippen LogP contribution in [0.2, 0.25) is 0 Å². The zero-order chi connectivity index (χ0) is 14.9. The molecule has 1 atom stereocenters. The highest BCUT2D eigenvalue weighted by Crippen LogP contribution is 2.23. The average Bonchev–Trinajstić information content (AvgIpc) is 2.69. The molecule has 3 N–H and O–H groups in total. The third kappa shape index (κ3) is 3.16. The van der Waals surface area contributed by atoms with Gasteiger partial charge in [-0.3, -0.25) is 4.79 Å². The number of hydrogen-bond acceptors (Lipinski definition) is 4. The van der Waals surface area contributed by atoms with Crippen molar-refractivity contribution in [2.24, 2.45) is 11.7 Å². The number of benzene rings is 1. The van der Waals surface area contributed by atoms with Crippen molar-refractivity contribution < 1.29 is 13.2 Å². The molecule has 0 aliphatic carbocycles. The molecule has 1 amide bonds. The van der Waals surface area contributed by atoms with E-state index in [0.717, 1.165) is 5.56 Å². The smallest absolute Gasteiger partial charge is 0.228 e. The number of carbonyl (C=O) groups is 1. The second-order valence-corrected chi connectivity index (χ2v) is 7.62. The number of anilines is 1. The number of hydrogen-bond donors (Lipinski definition) is 2. The van der Waals surface area contributed by atoms with Crippen LogP contribution < -0.4 is 11.1 Å². The summed E-state index contributed by atoms with van der Waals surface area (Å²) in [4.78, 5) is 12.3. The van der Waals surface area contributed by atoms with Gasteiger partial charge in [0.05, 0.1) is 23.1 Å². The van der Waals surface area contributed by atoms with E-state index in [1.807, 2.05) is 13.0 Å². The van der Waals surface area contributed by atoms with Crippen molar-refractivity contribution in [3.8, 4) is 0 Å². The molecule has 0 spiro atoms. The predicted octanol–water partition coefficient (Wildman–Crippen LogP) is 1.00. The Morgan fingerprint density at radius 1 is 1.45 bits per heavy atom. The molecule has 1 aromatic carbocycles. The lowest BCUT2D eigenvalue weighted by atomic mass is 10.0. The number of amides is 1. The minimum atomic E-state index is -3.08. The summed E-state index contributed by atoms with van der Waals surface area (Å²) in [5.74, 6) is -0.817. The maximum absolute atomic E-state index is 12.1. The topological polar surface area (TPSA) is 89.3 Å². The standard InChI is InChI=1S/C13H16N2O3S2/c1-8-3-2-4-10(11(8)12(14)19)15-13(16)9-5-6-20(17,18)7-9/h2-4,9H,5-7H2,1H3,(H2,14,19)(H,15,16). The molecule has 1 aliphatic rings.